The van der Waals surface area contributed by atoms with Gasteiger partial charge in [-0.05, 0) is 26.3 Å². The zero-order valence-electron chi connectivity index (χ0n) is 12.9. The van der Waals surface area contributed by atoms with Crippen LogP contribution in [0.2, 0.25) is 0 Å². The van der Waals surface area contributed by atoms with Crippen LogP contribution in [-0.4, -0.2) is 27.4 Å². The highest BCUT2D eigenvalue weighted by atomic mass is 15.3. The summed E-state index contributed by atoms with van der Waals surface area (Å²) in [5, 5.41) is 7.91. The van der Waals surface area contributed by atoms with Gasteiger partial charge in [-0.2, -0.15) is 5.10 Å². The number of aryl methyl sites for hydroxylation is 1. The summed E-state index contributed by atoms with van der Waals surface area (Å²) in [5.41, 5.74) is 0. The van der Waals surface area contributed by atoms with Crippen molar-refractivity contribution in [2.75, 3.05) is 6.54 Å². The van der Waals surface area contributed by atoms with Crippen molar-refractivity contribution in [2.45, 2.75) is 78.3 Å². The smallest absolute Gasteiger partial charge is 0.138 e. The monoisotopic (exact) mass is 266 g/mol. The average Bonchev–Trinajstić information content (AvgIpc) is 2.87. The van der Waals surface area contributed by atoms with Crippen LogP contribution >= 0.6 is 0 Å². The third kappa shape index (κ3) is 6.19. The van der Waals surface area contributed by atoms with Gasteiger partial charge in [0.25, 0.3) is 0 Å². The molecule has 0 radical (unpaired) electrons. The molecule has 1 heterocycles. The molecule has 1 aromatic heterocycles. The summed E-state index contributed by atoms with van der Waals surface area (Å²) >= 11 is 0. The Labute approximate surface area is 118 Å². The van der Waals surface area contributed by atoms with Gasteiger partial charge >= 0.3 is 0 Å². The number of hydrogen-bond donors (Lipinski definition) is 1. The second-order valence-corrected chi connectivity index (χ2v) is 5.20. The molecule has 0 saturated heterocycles. The lowest BCUT2D eigenvalue weighted by Crippen LogP contribution is -2.32. The summed E-state index contributed by atoms with van der Waals surface area (Å²) in [7, 11) is 0. The van der Waals surface area contributed by atoms with Crippen molar-refractivity contribution in [3.63, 3.8) is 0 Å². The van der Waals surface area contributed by atoms with Crippen molar-refractivity contribution in [1.29, 1.82) is 0 Å². The normalized spacial score (nSPS) is 12.8. The Hall–Kier alpha value is -0.900. The van der Waals surface area contributed by atoms with E-state index in [1.165, 1.54) is 38.5 Å². The van der Waals surface area contributed by atoms with Crippen LogP contribution in [0.5, 0.6) is 0 Å². The van der Waals surface area contributed by atoms with Gasteiger partial charge in [0.05, 0.1) is 0 Å². The molecule has 0 saturated carbocycles. The maximum Gasteiger partial charge on any atom is 0.138 e. The van der Waals surface area contributed by atoms with Gasteiger partial charge < -0.3 is 5.32 Å². The first-order valence-corrected chi connectivity index (χ1v) is 7.91. The van der Waals surface area contributed by atoms with Crippen LogP contribution in [0.15, 0.2) is 6.33 Å². The molecule has 1 unspecified atom stereocenters. The molecule has 1 aromatic rings. The molecule has 0 spiro atoms. The molecule has 110 valence electrons. The van der Waals surface area contributed by atoms with Crippen LogP contribution in [0, 0.1) is 0 Å². The third-order valence-electron chi connectivity index (χ3n) is 3.51. The van der Waals surface area contributed by atoms with Gasteiger partial charge in [-0.25, -0.2) is 4.98 Å². The fourth-order valence-corrected chi connectivity index (χ4v) is 2.37. The highest BCUT2D eigenvalue weighted by Gasteiger charge is 2.12. The summed E-state index contributed by atoms with van der Waals surface area (Å²) in [5.74, 6) is 1.12. The lowest BCUT2D eigenvalue weighted by molar-refractivity contribution is 0.436. The minimum Gasteiger partial charge on any atom is -0.314 e. The van der Waals surface area contributed by atoms with Gasteiger partial charge in [0, 0.05) is 19.0 Å². The van der Waals surface area contributed by atoms with Crippen LogP contribution in [0.25, 0.3) is 0 Å². The minimum atomic E-state index is 0.548. The molecule has 0 aliphatic rings. The molecule has 1 N–H and O–H groups in total. The van der Waals surface area contributed by atoms with Gasteiger partial charge in [0.1, 0.15) is 12.2 Å². The number of unbranched alkanes of at least 4 members (excludes halogenated alkanes) is 3. The Morgan fingerprint density at radius 3 is 2.68 bits per heavy atom. The Kier molecular flexibility index (Phi) is 8.47. The molecular formula is C15H30N4. The summed E-state index contributed by atoms with van der Waals surface area (Å²) in [4.78, 5) is 4.39. The third-order valence-corrected chi connectivity index (χ3v) is 3.51. The first kappa shape index (κ1) is 16.2. The van der Waals surface area contributed by atoms with Crippen LogP contribution in [0.1, 0.15) is 65.1 Å². The van der Waals surface area contributed by atoms with E-state index in [0.717, 1.165) is 25.3 Å². The number of nitrogens with zero attached hydrogens (tertiary/aromatic N) is 3. The Balaban J connectivity index is 2.43. The van der Waals surface area contributed by atoms with Crippen LogP contribution in [-0.2, 0) is 13.0 Å². The standard InChI is InChI=1S/C15H30N4/c1-4-7-8-9-10-14(16-11-5-2)12-15-17-13-18-19(15)6-3/h13-14,16H,4-12H2,1-3H3. The molecule has 0 fully saturated rings. The van der Waals surface area contributed by atoms with E-state index < -0.39 is 0 Å². The number of nitrogens with one attached hydrogen (secondary N) is 1. The summed E-state index contributed by atoms with van der Waals surface area (Å²) in [6, 6.07) is 0.548. The molecule has 0 amide bonds. The molecular weight excluding hydrogens is 236 g/mol. The Morgan fingerprint density at radius 1 is 1.16 bits per heavy atom. The number of hydrogen-bond acceptors (Lipinski definition) is 3. The van der Waals surface area contributed by atoms with Crippen molar-refractivity contribution in [2.24, 2.45) is 0 Å². The summed E-state index contributed by atoms with van der Waals surface area (Å²) in [6.45, 7) is 8.60. The highest BCUT2D eigenvalue weighted by Crippen LogP contribution is 2.09. The molecule has 0 bridgehead atoms. The lowest BCUT2D eigenvalue weighted by atomic mass is 10.0. The highest BCUT2D eigenvalue weighted by molar-refractivity contribution is 4.89. The molecule has 4 nitrogen and oxygen atoms in total. The van der Waals surface area contributed by atoms with Crippen LogP contribution in [0.3, 0.4) is 0 Å². The largest absolute Gasteiger partial charge is 0.314 e. The molecule has 0 aliphatic carbocycles. The van der Waals surface area contributed by atoms with E-state index >= 15 is 0 Å². The quantitative estimate of drug-likeness (QED) is 0.626. The fraction of sp³-hybridized carbons (Fsp3) is 0.867. The zero-order valence-corrected chi connectivity index (χ0v) is 12.9. The predicted molar refractivity (Wildman–Crippen MR) is 80.2 cm³/mol. The summed E-state index contributed by atoms with van der Waals surface area (Å²) < 4.78 is 2.01. The second-order valence-electron chi connectivity index (χ2n) is 5.20. The average molecular weight is 266 g/mol. The molecule has 0 aromatic carbocycles. The second kappa shape index (κ2) is 9.96. The molecule has 19 heavy (non-hydrogen) atoms. The fourth-order valence-electron chi connectivity index (χ4n) is 2.37. The lowest BCUT2D eigenvalue weighted by Gasteiger charge is -2.18. The van der Waals surface area contributed by atoms with E-state index in [1.54, 1.807) is 6.33 Å². The predicted octanol–water partition coefficient (Wildman–Crippen LogP) is 3.18. The molecule has 0 aliphatic heterocycles. The van der Waals surface area contributed by atoms with E-state index in [4.69, 9.17) is 0 Å². The van der Waals surface area contributed by atoms with Gasteiger partial charge in [-0.3, -0.25) is 4.68 Å². The first-order chi connectivity index (χ1) is 9.31. The van der Waals surface area contributed by atoms with Crippen molar-refractivity contribution >= 4 is 0 Å². The van der Waals surface area contributed by atoms with E-state index in [2.05, 4.69) is 36.2 Å². The van der Waals surface area contributed by atoms with Crippen molar-refractivity contribution < 1.29 is 0 Å². The van der Waals surface area contributed by atoms with Gasteiger partial charge in [0.15, 0.2) is 0 Å². The van der Waals surface area contributed by atoms with Crippen LogP contribution in [0.4, 0.5) is 0 Å². The SMILES string of the molecule is CCCCCCC(Cc1ncnn1CC)NCCC. The first-order valence-electron chi connectivity index (χ1n) is 7.91. The molecule has 1 atom stereocenters. The van der Waals surface area contributed by atoms with Gasteiger partial charge in [-0.15, -0.1) is 0 Å². The Morgan fingerprint density at radius 2 is 2.00 bits per heavy atom. The van der Waals surface area contributed by atoms with Crippen molar-refractivity contribution in [3.05, 3.63) is 12.2 Å². The summed E-state index contributed by atoms with van der Waals surface area (Å²) in [6.07, 6.45) is 10.4. The molecule has 4 heteroatoms. The topological polar surface area (TPSA) is 42.7 Å². The van der Waals surface area contributed by atoms with E-state index in [1.807, 2.05) is 4.68 Å². The van der Waals surface area contributed by atoms with E-state index in [9.17, 15) is 0 Å². The van der Waals surface area contributed by atoms with Crippen LogP contribution < -0.4 is 5.32 Å². The minimum absolute atomic E-state index is 0.548. The Bertz CT molecular complexity index is 322. The maximum absolute atomic E-state index is 4.39. The molecule has 1 rings (SSSR count). The van der Waals surface area contributed by atoms with Crippen molar-refractivity contribution in [1.82, 2.24) is 20.1 Å². The van der Waals surface area contributed by atoms with E-state index in [0.29, 0.717) is 6.04 Å². The maximum atomic E-state index is 4.39. The number of aromatic nitrogens is 3. The zero-order chi connectivity index (χ0) is 13.9. The van der Waals surface area contributed by atoms with E-state index in [-0.39, 0.29) is 0 Å². The van der Waals surface area contributed by atoms with Gasteiger partial charge in [-0.1, -0.05) is 39.5 Å². The van der Waals surface area contributed by atoms with Gasteiger partial charge in [0.2, 0.25) is 0 Å². The van der Waals surface area contributed by atoms with Crippen molar-refractivity contribution in [3.8, 4) is 0 Å². The number of rotatable bonds is 11.